The van der Waals surface area contributed by atoms with E-state index in [2.05, 4.69) is 47.3 Å². The van der Waals surface area contributed by atoms with Gasteiger partial charge < -0.3 is 15.1 Å². The van der Waals surface area contributed by atoms with Gasteiger partial charge in [-0.2, -0.15) is 0 Å². The monoisotopic (exact) mass is 259 g/mol. The molecule has 0 radical (unpaired) electrons. The van der Waals surface area contributed by atoms with Crippen LogP contribution in [0.1, 0.15) is 24.8 Å². The van der Waals surface area contributed by atoms with Crippen molar-refractivity contribution < 1.29 is 0 Å². The smallest absolute Gasteiger partial charge is 0.0400 e. The highest BCUT2D eigenvalue weighted by atomic mass is 15.2. The van der Waals surface area contributed by atoms with E-state index in [1.165, 1.54) is 55.8 Å². The van der Waals surface area contributed by atoms with E-state index in [0.29, 0.717) is 6.04 Å². The van der Waals surface area contributed by atoms with Crippen LogP contribution < -0.4 is 10.2 Å². The molecule has 104 valence electrons. The van der Waals surface area contributed by atoms with Gasteiger partial charge >= 0.3 is 0 Å². The molecule has 0 spiro atoms. The van der Waals surface area contributed by atoms with E-state index in [0.717, 1.165) is 6.54 Å². The number of nitrogens with zero attached hydrogens (tertiary/aromatic N) is 2. The number of aryl methyl sites for hydroxylation is 1. The van der Waals surface area contributed by atoms with Gasteiger partial charge in [-0.3, -0.25) is 0 Å². The maximum absolute atomic E-state index is 3.70. The topological polar surface area (TPSA) is 18.5 Å². The molecule has 0 saturated carbocycles. The number of benzene rings is 1. The van der Waals surface area contributed by atoms with Crippen molar-refractivity contribution in [2.45, 2.75) is 32.2 Å². The molecule has 3 nitrogen and oxygen atoms in total. The normalized spacial score (nSPS) is 24.1. The lowest BCUT2D eigenvalue weighted by Crippen LogP contribution is -2.24. The number of hydrogen-bond acceptors (Lipinski definition) is 3. The van der Waals surface area contributed by atoms with Gasteiger partial charge in [0.2, 0.25) is 0 Å². The minimum Gasteiger partial charge on any atom is -0.381 e. The van der Waals surface area contributed by atoms with E-state index in [1.807, 2.05) is 0 Å². The molecule has 0 aromatic heterocycles. The molecule has 0 amide bonds. The SMILES string of the molecule is Cc1cc(N2CCCC2)ccc1NC1CCN(C)C1. The van der Waals surface area contributed by atoms with Crippen LogP contribution in [0.25, 0.3) is 0 Å². The number of likely N-dealkylation sites (N-methyl/N-ethyl adjacent to an activating group) is 1. The molecule has 19 heavy (non-hydrogen) atoms. The van der Waals surface area contributed by atoms with E-state index in [-0.39, 0.29) is 0 Å². The first-order valence-electron chi connectivity index (χ1n) is 7.53. The maximum atomic E-state index is 3.70. The fourth-order valence-electron chi connectivity index (χ4n) is 3.25. The van der Waals surface area contributed by atoms with Gasteiger partial charge in [-0.1, -0.05) is 0 Å². The van der Waals surface area contributed by atoms with Gasteiger partial charge in [0.25, 0.3) is 0 Å². The second-order valence-corrected chi connectivity index (χ2v) is 6.09. The average Bonchev–Trinajstić information content (AvgIpc) is 3.03. The van der Waals surface area contributed by atoms with Crippen molar-refractivity contribution in [2.24, 2.45) is 0 Å². The summed E-state index contributed by atoms with van der Waals surface area (Å²) in [5, 5.41) is 3.70. The summed E-state index contributed by atoms with van der Waals surface area (Å²) in [5.74, 6) is 0. The minimum absolute atomic E-state index is 0.612. The molecule has 3 heteroatoms. The van der Waals surface area contributed by atoms with Crippen LogP contribution >= 0.6 is 0 Å². The molecule has 2 fully saturated rings. The summed E-state index contributed by atoms with van der Waals surface area (Å²) in [6.45, 7) is 7.04. The van der Waals surface area contributed by atoms with Crippen molar-refractivity contribution in [1.29, 1.82) is 0 Å². The standard InChI is InChI=1S/C16H25N3/c1-13-11-15(19-8-3-4-9-19)5-6-16(13)17-14-7-10-18(2)12-14/h5-6,11,14,17H,3-4,7-10,12H2,1-2H3. The number of nitrogens with one attached hydrogen (secondary N) is 1. The van der Waals surface area contributed by atoms with Crippen LogP contribution in [0, 0.1) is 6.92 Å². The molecule has 0 bridgehead atoms. The summed E-state index contributed by atoms with van der Waals surface area (Å²) in [4.78, 5) is 4.89. The van der Waals surface area contributed by atoms with Gasteiger partial charge in [0, 0.05) is 37.1 Å². The quantitative estimate of drug-likeness (QED) is 0.900. The Kier molecular flexibility index (Phi) is 3.65. The minimum atomic E-state index is 0.612. The third-order valence-corrected chi connectivity index (χ3v) is 4.43. The first-order chi connectivity index (χ1) is 9.22. The summed E-state index contributed by atoms with van der Waals surface area (Å²) in [6, 6.07) is 7.49. The average molecular weight is 259 g/mol. The molecule has 1 aromatic carbocycles. The largest absolute Gasteiger partial charge is 0.381 e. The molecule has 2 saturated heterocycles. The van der Waals surface area contributed by atoms with Crippen molar-refractivity contribution >= 4 is 11.4 Å². The van der Waals surface area contributed by atoms with E-state index < -0.39 is 0 Å². The van der Waals surface area contributed by atoms with Gasteiger partial charge in [-0.15, -0.1) is 0 Å². The highest BCUT2D eigenvalue weighted by Gasteiger charge is 2.20. The zero-order chi connectivity index (χ0) is 13.2. The summed E-state index contributed by atoms with van der Waals surface area (Å²) < 4.78 is 0. The highest BCUT2D eigenvalue weighted by Crippen LogP contribution is 2.26. The number of hydrogen-bond donors (Lipinski definition) is 1. The van der Waals surface area contributed by atoms with Crippen LogP contribution in [0.15, 0.2) is 18.2 Å². The fourth-order valence-corrected chi connectivity index (χ4v) is 3.25. The van der Waals surface area contributed by atoms with E-state index in [1.54, 1.807) is 0 Å². The zero-order valence-electron chi connectivity index (χ0n) is 12.2. The van der Waals surface area contributed by atoms with Crippen LogP contribution in [0.3, 0.4) is 0 Å². The Bertz CT molecular complexity index is 438. The predicted molar refractivity (Wildman–Crippen MR) is 82.2 cm³/mol. The molecule has 2 aliphatic heterocycles. The Balaban J connectivity index is 1.69. The van der Waals surface area contributed by atoms with Gasteiger partial charge in [-0.05, 0) is 63.5 Å². The second kappa shape index (κ2) is 5.41. The van der Waals surface area contributed by atoms with E-state index in [4.69, 9.17) is 0 Å². The lowest BCUT2D eigenvalue weighted by molar-refractivity contribution is 0.414. The van der Waals surface area contributed by atoms with Gasteiger partial charge in [0.15, 0.2) is 0 Å². The van der Waals surface area contributed by atoms with Crippen LogP contribution in [0.2, 0.25) is 0 Å². The molecule has 2 aliphatic rings. The Morgan fingerprint density at radius 3 is 2.58 bits per heavy atom. The number of rotatable bonds is 3. The Morgan fingerprint density at radius 1 is 1.16 bits per heavy atom. The Morgan fingerprint density at radius 2 is 1.95 bits per heavy atom. The van der Waals surface area contributed by atoms with Crippen LogP contribution in [-0.2, 0) is 0 Å². The molecular weight excluding hydrogens is 234 g/mol. The molecular formula is C16H25N3. The number of likely N-dealkylation sites (tertiary alicyclic amines) is 1. The van der Waals surface area contributed by atoms with Gasteiger partial charge in [0.05, 0.1) is 0 Å². The summed E-state index contributed by atoms with van der Waals surface area (Å²) in [5.41, 5.74) is 4.08. The Hall–Kier alpha value is -1.22. The lowest BCUT2D eigenvalue weighted by atomic mass is 10.1. The first-order valence-corrected chi connectivity index (χ1v) is 7.53. The van der Waals surface area contributed by atoms with Crippen LogP contribution in [0.4, 0.5) is 11.4 Å². The molecule has 3 rings (SSSR count). The van der Waals surface area contributed by atoms with Crippen molar-refractivity contribution in [3.05, 3.63) is 23.8 Å². The molecule has 0 aliphatic carbocycles. The molecule has 1 atom stereocenters. The predicted octanol–water partition coefficient (Wildman–Crippen LogP) is 2.71. The van der Waals surface area contributed by atoms with Crippen LogP contribution in [0.5, 0.6) is 0 Å². The summed E-state index contributed by atoms with van der Waals surface area (Å²) >= 11 is 0. The third kappa shape index (κ3) is 2.86. The molecule has 1 aromatic rings. The summed E-state index contributed by atoms with van der Waals surface area (Å²) in [7, 11) is 2.20. The number of anilines is 2. The highest BCUT2D eigenvalue weighted by molar-refractivity contribution is 5.61. The summed E-state index contributed by atoms with van der Waals surface area (Å²) in [6.07, 6.45) is 3.94. The van der Waals surface area contributed by atoms with E-state index >= 15 is 0 Å². The molecule has 1 unspecified atom stereocenters. The van der Waals surface area contributed by atoms with Gasteiger partial charge in [-0.25, -0.2) is 0 Å². The first kappa shape index (κ1) is 12.8. The molecule has 1 N–H and O–H groups in total. The second-order valence-electron chi connectivity index (χ2n) is 6.09. The van der Waals surface area contributed by atoms with E-state index in [9.17, 15) is 0 Å². The molecule has 2 heterocycles. The van der Waals surface area contributed by atoms with Crippen molar-refractivity contribution in [1.82, 2.24) is 4.90 Å². The van der Waals surface area contributed by atoms with Crippen molar-refractivity contribution in [2.75, 3.05) is 43.4 Å². The van der Waals surface area contributed by atoms with Crippen molar-refractivity contribution in [3.63, 3.8) is 0 Å². The maximum Gasteiger partial charge on any atom is 0.0400 e. The Labute approximate surface area is 116 Å². The van der Waals surface area contributed by atoms with Crippen molar-refractivity contribution in [3.8, 4) is 0 Å². The third-order valence-electron chi connectivity index (χ3n) is 4.43. The fraction of sp³-hybridized carbons (Fsp3) is 0.625. The van der Waals surface area contributed by atoms with Gasteiger partial charge in [0.1, 0.15) is 0 Å². The lowest BCUT2D eigenvalue weighted by Gasteiger charge is -2.21. The zero-order valence-corrected chi connectivity index (χ0v) is 12.2. The van der Waals surface area contributed by atoms with Crippen LogP contribution in [-0.4, -0.2) is 44.2 Å².